The number of likely N-dealkylation sites (N-methyl/N-ethyl adjacent to an activating group) is 1. The Bertz CT molecular complexity index is 1650. The lowest BCUT2D eigenvalue weighted by Gasteiger charge is -2.34. The van der Waals surface area contributed by atoms with Crippen LogP contribution < -0.4 is 10.6 Å². The zero-order valence-electron chi connectivity index (χ0n) is 30.4. The van der Waals surface area contributed by atoms with E-state index in [1.54, 1.807) is 7.05 Å². The van der Waals surface area contributed by atoms with Gasteiger partial charge in [0, 0.05) is 36.5 Å². The molecule has 0 radical (unpaired) electrons. The van der Waals surface area contributed by atoms with Gasteiger partial charge in [-0.1, -0.05) is 87.4 Å². The van der Waals surface area contributed by atoms with Crippen LogP contribution in [0.2, 0.25) is 0 Å². The molecule has 9 heteroatoms. The molecule has 2 aromatic carbocycles. The first-order valence-electron chi connectivity index (χ1n) is 17.5. The number of amides is 3. The highest BCUT2D eigenvalue weighted by Gasteiger charge is 2.36. The lowest BCUT2D eigenvalue weighted by molar-refractivity contribution is -0.149. The van der Waals surface area contributed by atoms with E-state index in [-0.39, 0.29) is 42.1 Å². The first-order valence-corrected chi connectivity index (χ1v) is 17.5. The maximum atomic E-state index is 14.5. The van der Waals surface area contributed by atoms with Crippen molar-refractivity contribution in [3.63, 3.8) is 0 Å². The van der Waals surface area contributed by atoms with Gasteiger partial charge < -0.3 is 25.3 Å². The molecule has 0 fully saturated rings. The summed E-state index contributed by atoms with van der Waals surface area (Å²) < 4.78 is 5.81. The Kier molecular flexibility index (Phi) is 12.5. The van der Waals surface area contributed by atoms with Crippen LogP contribution in [0.25, 0.3) is 10.9 Å². The summed E-state index contributed by atoms with van der Waals surface area (Å²) in [4.78, 5) is 60.5. The highest BCUT2D eigenvalue weighted by atomic mass is 16.5. The molecule has 3 aromatic rings. The zero-order chi connectivity index (χ0) is 35.9. The van der Waals surface area contributed by atoms with Crippen molar-refractivity contribution in [1.29, 1.82) is 0 Å². The van der Waals surface area contributed by atoms with Crippen LogP contribution in [0.5, 0.6) is 0 Å². The summed E-state index contributed by atoms with van der Waals surface area (Å²) in [5.74, 6) is -1.74. The maximum Gasteiger partial charge on any atom is 0.308 e. The number of allylic oxidation sites excluding steroid dienone is 2. The predicted octanol–water partition coefficient (Wildman–Crippen LogP) is 6.71. The molecule has 1 aromatic heterocycles. The van der Waals surface area contributed by atoms with E-state index in [2.05, 4.69) is 21.7 Å². The van der Waals surface area contributed by atoms with Crippen molar-refractivity contribution in [2.75, 3.05) is 7.05 Å². The molecule has 2 heterocycles. The molecule has 1 aliphatic heterocycles. The minimum atomic E-state index is -0.946. The van der Waals surface area contributed by atoms with E-state index >= 15 is 0 Å². The monoisotopic (exact) mass is 670 g/mol. The third-order valence-electron chi connectivity index (χ3n) is 9.28. The van der Waals surface area contributed by atoms with Gasteiger partial charge in [0.2, 0.25) is 17.7 Å². The minimum absolute atomic E-state index is 0.0638. The lowest BCUT2D eigenvalue weighted by Crippen LogP contribution is -2.56. The van der Waals surface area contributed by atoms with Gasteiger partial charge in [0.05, 0.1) is 18.6 Å². The van der Waals surface area contributed by atoms with Crippen LogP contribution >= 0.6 is 0 Å². The molecule has 1 aliphatic rings. The van der Waals surface area contributed by atoms with E-state index in [1.165, 1.54) is 4.90 Å². The summed E-state index contributed by atoms with van der Waals surface area (Å²) in [6.07, 6.45) is 6.03. The molecule has 0 aliphatic carbocycles. The maximum absolute atomic E-state index is 14.5. The van der Waals surface area contributed by atoms with Crippen molar-refractivity contribution in [3.8, 4) is 0 Å². The number of para-hydroxylation sites is 1. The van der Waals surface area contributed by atoms with Gasteiger partial charge in [-0.05, 0) is 69.1 Å². The highest BCUT2D eigenvalue weighted by molar-refractivity contribution is 5.93. The molecule has 3 amide bonds. The number of hydrogen-bond donors (Lipinski definition) is 3. The van der Waals surface area contributed by atoms with Crippen molar-refractivity contribution in [2.45, 2.75) is 111 Å². The number of benzene rings is 2. The fraction of sp³-hybridized carbons (Fsp3) is 0.500. The third kappa shape index (κ3) is 10.5. The van der Waals surface area contributed by atoms with Crippen LogP contribution in [-0.4, -0.2) is 58.8 Å². The van der Waals surface area contributed by atoms with E-state index in [0.717, 1.165) is 33.2 Å². The second kappa shape index (κ2) is 16.3. The number of esters is 1. The first kappa shape index (κ1) is 37.4. The molecule has 4 rings (SSSR count). The van der Waals surface area contributed by atoms with Gasteiger partial charge in [0.15, 0.2) is 0 Å². The van der Waals surface area contributed by atoms with Gasteiger partial charge in [0.25, 0.3) is 0 Å². The molecule has 264 valence electrons. The minimum Gasteiger partial charge on any atom is -0.463 e. The molecule has 3 N–H and O–H groups in total. The number of hydrogen-bond acceptors (Lipinski definition) is 5. The standard InChI is InChI=1S/C40H54N4O5/c1-25-16-18-29(19-17-25)33-22-36(45)49-28(4)13-11-12-26(2)20-27(3)37(46)43-34(23-40(5,6)7)39(48)44(8)35(38(47)42-33)21-30-24-41-32-15-10-9-14-31(30)32/h9-10,12,14-19,24,27-28,33-35,41H,11,13,20-23H2,1-8H3,(H,42,47)(H,43,46)/b26-12+/t27-,28-,33+,34-,35+/m0/s1. The van der Waals surface area contributed by atoms with Gasteiger partial charge in [0.1, 0.15) is 12.1 Å². The van der Waals surface area contributed by atoms with Crippen LogP contribution in [0.3, 0.4) is 0 Å². The molecule has 5 atom stereocenters. The molecular formula is C40H54N4O5. The number of carbonyl (C=O) groups is 4. The second-order valence-electron chi connectivity index (χ2n) is 15.1. The van der Waals surface area contributed by atoms with Crippen molar-refractivity contribution in [1.82, 2.24) is 20.5 Å². The van der Waals surface area contributed by atoms with E-state index in [9.17, 15) is 19.2 Å². The van der Waals surface area contributed by atoms with Crippen molar-refractivity contribution >= 4 is 34.6 Å². The molecule has 0 unspecified atom stereocenters. The average Bonchev–Trinajstić information content (AvgIpc) is 3.44. The van der Waals surface area contributed by atoms with Crippen LogP contribution in [0, 0.1) is 18.3 Å². The Hall–Kier alpha value is -4.40. The molecule has 0 bridgehead atoms. The lowest BCUT2D eigenvalue weighted by atomic mass is 9.87. The molecule has 9 nitrogen and oxygen atoms in total. The average molecular weight is 671 g/mol. The zero-order valence-corrected chi connectivity index (χ0v) is 30.4. The molecule has 0 spiro atoms. The summed E-state index contributed by atoms with van der Waals surface area (Å²) in [5.41, 5.74) is 4.39. The van der Waals surface area contributed by atoms with Gasteiger partial charge in [-0.3, -0.25) is 19.2 Å². The number of cyclic esters (lactones) is 1. The highest BCUT2D eigenvalue weighted by Crippen LogP contribution is 2.26. The number of ether oxygens (including phenoxy) is 1. The molecule has 0 saturated heterocycles. The molecular weight excluding hydrogens is 616 g/mol. The van der Waals surface area contributed by atoms with Gasteiger partial charge in [-0.2, -0.15) is 0 Å². The Morgan fingerprint density at radius 1 is 0.898 bits per heavy atom. The van der Waals surface area contributed by atoms with Crippen LogP contribution in [0.4, 0.5) is 0 Å². The first-order chi connectivity index (χ1) is 23.1. The van der Waals surface area contributed by atoms with Crippen molar-refractivity contribution in [3.05, 3.63) is 83.1 Å². The van der Waals surface area contributed by atoms with E-state index in [0.29, 0.717) is 25.7 Å². The van der Waals surface area contributed by atoms with Gasteiger partial charge in [-0.25, -0.2) is 0 Å². The number of aromatic amines is 1. The number of aromatic nitrogens is 1. The Labute approximate surface area is 291 Å². The van der Waals surface area contributed by atoms with E-state index in [1.807, 2.05) is 103 Å². The number of nitrogens with zero attached hydrogens (tertiary/aromatic N) is 1. The summed E-state index contributed by atoms with van der Waals surface area (Å²) in [5, 5.41) is 7.13. The van der Waals surface area contributed by atoms with Gasteiger partial charge >= 0.3 is 5.97 Å². The number of carbonyl (C=O) groups excluding carboxylic acids is 4. The van der Waals surface area contributed by atoms with E-state index < -0.39 is 30.0 Å². The predicted molar refractivity (Wildman–Crippen MR) is 194 cm³/mol. The number of rotatable bonds is 4. The van der Waals surface area contributed by atoms with Crippen molar-refractivity contribution in [2.24, 2.45) is 11.3 Å². The summed E-state index contributed by atoms with van der Waals surface area (Å²) in [7, 11) is 1.62. The number of H-pyrrole nitrogens is 1. The fourth-order valence-corrected chi connectivity index (χ4v) is 6.48. The smallest absolute Gasteiger partial charge is 0.308 e. The number of nitrogens with one attached hydrogen (secondary N) is 3. The fourth-order valence-electron chi connectivity index (χ4n) is 6.48. The number of fused-ring (bicyclic) bond motifs is 1. The SMILES string of the molecule is C/C1=C\CC[C@H](C)OC(=O)C[C@H](c2ccc(C)cc2)NC(=O)[C@@H](Cc2c[nH]c3ccccc23)N(C)C(=O)[C@H](CC(C)(C)C)NC(=O)[C@@H](C)C1. The third-order valence-corrected chi connectivity index (χ3v) is 9.28. The van der Waals surface area contributed by atoms with Gasteiger partial charge in [-0.15, -0.1) is 0 Å². The summed E-state index contributed by atoms with van der Waals surface area (Å²) in [6.45, 7) is 13.8. The van der Waals surface area contributed by atoms with Crippen LogP contribution in [0.15, 0.2) is 66.4 Å². The second-order valence-corrected chi connectivity index (χ2v) is 15.1. The number of aryl methyl sites for hydroxylation is 1. The molecule has 49 heavy (non-hydrogen) atoms. The topological polar surface area (TPSA) is 121 Å². The van der Waals surface area contributed by atoms with E-state index in [4.69, 9.17) is 4.74 Å². The Morgan fingerprint density at radius 2 is 1.59 bits per heavy atom. The summed E-state index contributed by atoms with van der Waals surface area (Å²) >= 11 is 0. The van der Waals surface area contributed by atoms with Crippen LogP contribution in [0.1, 0.15) is 96.4 Å². The largest absolute Gasteiger partial charge is 0.463 e. The normalized spacial score (nSPS) is 25.3. The summed E-state index contributed by atoms with van der Waals surface area (Å²) in [6, 6.07) is 13.0. The Morgan fingerprint density at radius 3 is 2.29 bits per heavy atom. The Balaban J connectivity index is 1.77. The van der Waals surface area contributed by atoms with Crippen molar-refractivity contribution < 1.29 is 23.9 Å². The quantitative estimate of drug-likeness (QED) is 0.211. The van der Waals surface area contributed by atoms with Crippen LogP contribution in [-0.2, 0) is 30.3 Å². The molecule has 0 saturated carbocycles.